The second kappa shape index (κ2) is 5.38. The van der Waals surface area contributed by atoms with Gasteiger partial charge in [-0.1, -0.05) is 26.2 Å². The fourth-order valence-corrected chi connectivity index (χ4v) is 3.61. The van der Waals surface area contributed by atoms with Gasteiger partial charge in [0.2, 0.25) is 0 Å². The zero-order valence-corrected chi connectivity index (χ0v) is 11.0. The van der Waals surface area contributed by atoms with Crippen LogP contribution in [-0.2, 0) is 4.79 Å². The molecule has 0 aromatic rings. The monoisotopic (exact) mass is 239 g/mol. The highest BCUT2D eigenvalue weighted by Gasteiger charge is 2.43. The van der Waals surface area contributed by atoms with E-state index in [1.54, 1.807) is 0 Å². The predicted molar refractivity (Wildman–Crippen MR) is 68.0 cm³/mol. The van der Waals surface area contributed by atoms with Crippen molar-refractivity contribution in [2.45, 2.75) is 51.9 Å². The van der Waals surface area contributed by atoms with Gasteiger partial charge in [-0.05, 0) is 44.7 Å². The summed E-state index contributed by atoms with van der Waals surface area (Å²) in [5.41, 5.74) is -0.449. The summed E-state index contributed by atoms with van der Waals surface area (Å²) in [6.07, 6.45) is 7.84. The second-order valence-electron chi connectivity index (χ2n) is 6.12. The van der Waals surface area contributed by atoms with Crippen molar-refractivity contribution in [3.63, 3.8) is 0 Å². The van der Waals surface area contributed by atoms with Crippen molar-refractivity contribution in [3.05, 3.63) is 0 Å². The number of likely N-dealkylation sites (tertiary alicyclic amines) is 1. The van der Waals surface area contributed by atoms with Crippen LogP contribution < -0.4 is 0 Å². The molecule has 17 heavy (non-hydrogen) atoms. The molecule has 1 N–H and O–H groups in total. The van der Waals surface area contributed by atoms with E-state index >= 15 is 0 Å². The molecule has 2 atom stereocenters. The molecule has 3 nitrogen and oxygen atoms in total. The molecule has 0 aromatic heterocycles. The predicted octanol–water partition coefficient (Wildman–Crippen LogP) is 2.75. The van der Waals surface area contributed by atoms with Crippen molar-refractivity contribution in [2.75, 3.05) is 19.6 Å². The van der Waals surface area contributed by atoms with Gasteiger partial charge in [0.15, 0.2) is 0 Å². The van der Waals surface area contributed by atoms with Gasteiger partial charge in [-0.2, -0.15) is 0 Å². The van der Waals surface area contributed by atoms with E-state index < -0.39 is 11.4 Å². The number of nitrogens with zero attached hydrogens (tertiary/aromatic N) is 1. The summed E-state index contributed by atoms with van der Waals surface area (Å²) in [6, 6.07) is 0. The molecule has 0 amide bonds. The zero-order chi connectivity index (χ0) is 12.3. The average Bonchev–Trinajstić information content (AvgIpc) is 2.30. The summed E-state index contributed by atoms with van der Waals surface area (Å²) < 4.78 is 0. The average molecular weight is 239 g/mol. The molecule has 98 valence electrons. The standard InChI is InChI=1S/C14H25NO2/c1-12-6-5-7-14(10-12,13(16)17)11-15-8-3-2-4-9-15/h12H,2-11H2,1H3,(H,16,17). The Kier molecular flexibility index (Phi) is 4.08. The van der Waals surface area contributed by atoms with Gasteiger partial charge in [0.25, 0.3) is 0 Å². The van der Waals surface area contributed by atoms with Crippen molar-refractivity contribution in [3.8, 4) is 0 Å². The molecule has 0 bridgehead atoms. The van der Waals surface area contributed by atoms with E-state index in [-0.39, 0.29) is 0 Å². The Balaban J connectivity index is 2.02. The van der Waals surface area contributed by atoms with Gasteiger partial charge in [-0.25, -0.2) is 0 Å². The Morgan fingerprint density at radius 3 is 2.59 bits per heavy atom. The molecule has 2 fully saturated rings. The number of carboxylic acids is 1. The van der Waals surface area contributed by atoms with Crippen LogP contribution in [0.4, 0.5) is 0 Å². The minimum atomic E-state index is -0.561. The highest BCUT2D eigenvalue weighted by molar-refractivity contribution is 5.75. The van der Waals surface area contributed by atoms with Crippen molar-refractivity contribution >= 4 is 5.97 Å². The lowest BCUT2D eigenvalue weighted by molar-refractivity contribution is -0.153. The Morgan fingerprint density at radius 2 is 2.00 bits per heavy atom. The van der Waals surface area contributed by atoms with Crippen LogP contribution in [0.5, 0.6) is 0 Å². The number of aliphatic carboxylic acids is 1. The van der Waals surface area contributed by atoms with Crippen molar-refractivity contribution < 1.29 is 9.90 Å². The molecule has 0 radical (unpaired) electrons. The third-order valence-electron chi connectivity index (χ3n) is 4.52. The van der Waals surface area contributed by atoms with Crippen LogP contribution in [0.2, 0.25) is 0 Å². The van der Waals surface area contributed by atoms with Gasteiger partial charge in [0, 0.05) is 6.54 Å². The number of hydrogen-bond acceptors (Lipinski definition) is 2. The fraction of sp³-hybridized carbons (Fsp3) is 0.929. The SMILES string of the molecule is CC1CCCC(CN2CCCCC2)(C(=O)O)C1. The third-order valence-corrected chi connectivity index (χ3v) is 4.52. The topological polar surface area (TPSA) is 40.5 Å². The smallest absolute Gasteiger partial charge is 0.310 e. The van der Waals surface area contributed by atoms with Crippen LogP contribution in [0.25, 0.3) is 0 Å². The first-order valence-electron chi connectivity index (χ1n) is 7.08. The fourth-order valence-electron chi connectivity index (χ4n) is 3.61. The first-order chi connectivity index (χ1) is 8.12. The van der Waals surface area contributed by atoms with Crippen LogP contribution in [-0.4, -0.2) is 35.6 Å². The molecule has 1 saturated carbocycles. The van der Waals surface area contributed by atoms with Crippen molar-refractivity contribution in [2.24, 2.45) is 11.3 Å². The molecule has 2 aliphatic rings. The molecular formula is C14H25NO2. The zero-order valence-electron chi connectivity index (χ0n) is 11.0. The Labute approximate surface area is 104 Å². The molecule has 2 rings (SSSR count). The molecule has 0 aromatic carbocycles. The number of carboxylic acid groups (broad SMARTS) is 1. The molecule has 3 heteroatoms. The molecule has 1 aliphatic carbocycles. The summed E-state index contributed by atoms with van der Waals surface area (Å²) >= 11 is 0. The number of hydrogen-bond donors (Lipinski definition) is 1. The largest absolute Gasteiger partial charge is 0.481 e. The summed E-state index contributed by atoms with van der Waals surface area (Å²) in [5.74, 6) is 0.0132. The van der Waals surface area contributed by atoms with E-state index in [1.807, 2.05) is 0 Å². The van der Waals surface area contributed by atoms with Gasteiger partial charge >= 0.3 is 5.97 Å². The Bertz CT molecular complexity index is 273. The first kappa shape index (κ1) is 12.9. The molecule has 2 unspecified atom stereocenters. The number of rotatable bonds is 3. The van der Waals surface area contributed by atoms with E-state index in [4.69, 9.17) is 0 Å². The minimum absolute atomic E-state index is 0.449. The van der Waals surface area contributed by atoms with E-state index in [9.17, 15) is 9.90 Å². The maximum atomic E-state index is 11.7. The quantitative estimate of drug-likeness (QED) is 0.823. The molecule has 1 saturated heterocycles. The Hall–Kier alpha value is -0.570. The highest BCUT2D eigenvalue weighted by atomic mass is 16.4. The lowest BCUT2D eigenvalue weighted by Gasteiger charge is -2.41. The van der Waals surface area contributed by atoms with E-state index in [2.05, 4.69) is 11.8 Å². The maximum absolute atomic E-state index is 11.7. The maximum Gasteiger partial charge on any atom is 0.310 e. The van der Waals surface area contributed by atoms with Gasteiger partial charge in [-0.15, -0.1) is 0 Å². The van der Waals surface area contributed by atoms with Crippen molar-refractivity contribution in [1.29, 1.82) is 0 Å². The molecule has 1 heterocycles. The lowest BCUT2D eigenvalue weighted by atomic mass is 9.69. The van der Waals surface area contributed by atoms with Crippen molar-refractivity contribution in [1.82, 2.24) is 4.90 Å². The van der Waals surface area contributed by atoms with E-state index in [0.29, 0.717) is 5.92 Å². The van der Waals surface area contributed by atoms with E-state index in [1.165, 1.54) is 25.7 Å². The van der Waals surface area contributed by atoms with Crippen LogP contribution >= 0.6 is 0 Å². The van der Waals surface area contributed by atoms with Gasteiger partial charge in [0.05, 0.1) is 5.41 Å². The summed E-state index contributed by atoms with van der Waals surface area (Å²) in [6.45, 7) is 5.19. The third kappa shape index (κ3) is 3.01. The van der Waals surface area contributed by atoms with Crippen LogP contribution in [0, 0.1) is 11.3 Å². The van der Waals surface area contributed by atoms with Gasteiger partial charge in [-0.3, -0.25) is 4.79 Å². The molecular weight excluding hydrogens is 214 g/mol. The first-order valence-corrected chi connectivity index (χ1v) is 7.08. The van der Waals surface area contributed by atoms with Crippen LogP contribution in [0.1, 0.15) is 51.9 Å². The van der Waals surface area contributed by atoms with Crippen LogP contribution in [0.15, 0.2) is 0 Å². The highest BCUT2D eigenvalue weighted by Crippen LogP contribution is 2.40. The minimum Gasteiger partial charge on any atom is -0.481 e. The normalized spacial score (nSPS) is 35.7. The summed E-state index contributed by atoms with van der Waals surface area (Å²) in [4.78, 5) is 14.1. The molecule has 1 aliphatic heterocycles. The number of piperidine rings is 1. The second-order valence-corrected chi connectivity index (χ2v) is 6.12. The summed E-state index contributed by atoms with van der Waals surface area (Å²) in [5, 5.41) is 9.61. The molecule has 0 spiro atoms. The summed E-state index contributed by atoms with van der Waals surface area (Å²) in [7, 11) is 0. The van der Waals surface area contributed by atoms with Crippen LogP contribution in [0.3, 0.4) is 0 Å². The van der Waals surface area contributed by atoms with Gasteiger partial charge in [0.1, 0.15) is 0 Å². The Morgan fingerprint density at radius 1 is 1.29 bits per heavy atom. The van der Waals surface area contributed by atoms with E-state index in [0.717, 1.165) is 38.9 Å². The van der Waals surface area contributed by atoms with Gasteiger partial charge < -0.3 is 10.0 Å². The lowest BCUT2D eigenvalue weighted by Crippen LogP contribution is -2.47. The number of carbonyl (C=O) groups is 1.